The first kappa shape index (κ1) is 11.9. The molecule has 1 aromatic heterocycles. The van der Waals surface area contributed by atoms with Gasteiger partial charge in [0, 0.05) is 5.69 Å². The Bertz CT molecular complexity index is 417. The summed E-state index contributed by atoms with van der Waals surface area (Å²) in [6.07, 6.45) is -0.962. The SMILES string of the molecule is FC(F)(F)c1cccc(CCC2CO[C]=N2)n1. The first-order chi connectivity index (χ1) is 8.05. The Morgan fingerprint density at radius 3 is 2.88 bits per heavy atom. The summed E-state index contributed by atoms with van der Waals surface area (Å²) < 4.78 is 42.0. The van der Waals surface area contributed by atoms with Gasteiger partial charge in [-0.3, -0.25) is 0 Å². The fourth-order valence-corrected chi connectivity index (χ4v) is 1.52. The van der Waals surface area contributed by atoms with E-state index in [-0.39, 0.29) is 6.04 Å². The molecule has 1 aliphatic heterocycles. The lowest BCUT2D eigenvalue weighted by Gasteiger charge is -2.08. The van der Waals surface area contributed by atoms with E-state index in [9.17, 15) is 13.2 Å². The lowest BCUT2D eigenvalue weighted by atomic mass is 10.1. The van der Waals surface area contributed by atoms with Crippen molar-refractivity contribution in [3.63, 3.8) is 0 Å². The quantitative estimate of drug-likeness (QED) is 0.816. The van der Waals surface area contributed by atoms with Gasteiger partial charge in [-0.1, -0.05) is 6.07 Å². The molecule has 3 nitrogen and oxygen atoms in total. The maximum absolute atomic E-state index is 12.4. The summed E-state index contributed by atoms with van der Waals surface area (Å²) in [5.41, 5.74) is -0.435. The van der Waals surface area contributed by atoms with E-state index < -0.39 is 11.9 Å². The van der Waals surface area contributed by atoms with E-state index in [0.717, 1.165) is 6.07 Å². The third-order valence-corrected chi connectivity index (χ3v) is 2.41. The van der Waals surface area contributed by atoms with Crippen LogP contribution in [0.15, 0.2) is 23.2 Å². The number of aromatic nitrogens is 1. The molecule has 0 fully saturated rings. The normalized spacial score (nSPS) is 19.4. The largest absolute Gasteiger partial charge is 0.472 e. The van der Waals surface area contributed by atoms with E-state index in [4.69, 9.17) is 4.74 Å². The Kier molecular flexibility index (Phi) is 3.31. The zero-order chi connectivity index (χ0) is 12.3. The molecule has 0 aliphatic carbocycles. The molecule has 1 aliphatic rings. The maximum Gasteiger partial charge on any atom is 0.433 e. The highest BCUT2D eigenvalue weighted by molar-refractivity contribution is 5.48. The molecule has 0 saturated carbocycles. The van der Waals surface area contributed by atoms with E-state index in [1.807, 2.05) is 0 Å². The maximum atomic E-state index is 12.4. The number of aliphatic imine (C=N–C) groups is 1. The lowest BCUT2D eigenvalue weighted by Crippen LogP contribution is -2.11. The van der Waals surface area contributed by atoms with Crippen molar-refractivity contribution in [2.75, 3.05) is 6.61 Å². The Hall–Kier alpha value is -1.59. The zero-order valence-corrected chi connectivity index (χ0v) is 8.87. The van der Waals surface area contributed by atoms with E-state index >= 15 is 0 Å². The van der Waals surface area contributed by atoms with Gasteiger partial charge >= 0.3 is 6.18 Å². The van der Waals surface area contributed by atoms with Crippen LogP contribution in [0.1, 0.15) is 17.8 Å². The molecule has 0 N–H and O–H groups in total. The van der Waals surface area contributed by atoms with Crippen LogP contribution >= 0.6 is 0 Å². The van der Waals surface area contributed by atoms with Gasteiger partial charge in [-0.25, -0.2) is 9.98 Å². The number of nitrogens with zero attached hydrogens (tertiary/aromatic N) is 2. The standard InChI is InChI=1S/C11H10F3N2O/c12-11(13,14)10-3-1-2-8(16-10)4-5-9-6-17-7-15-9/h1-3,9H,4-6H2. The molecule has 2 rings (SSSR count). The molecular formula is C11H10F3N2O. The smallest absolute Gasteiger partial charge is 0.433 e. The monoisotopic (exact) mass is 243 g/mol. The van der Waals surface area contributed by atoms with Gasteiger partial charge in [-0.05, 0) is 25.0 Å². The molecule has 1 unspecified atom stereocenters. The summed E-state index contributed by atoms with van der Waals surface area (Å²) in [6.45, 7) is 0.443. The highest BCUT2D eigenvalue weighted by Crippen LogP contribution is 2.27. The van der Waals surface area contributed by atoms with E-state index in [0.29, 0.717) is 25.1 Å². The third kappa shape index (κ3) is 3.18. The predicted molar refractivity (Wildman–Crippen MR) is 54.7 cm³/mol. The average Bonchev–Trinajstić information content (AvgIpc) is 2.78. The van der Waals surface area contributed by atoms with Gasteiger partial charge in [0.25, 0.3) is 6.40 Å². The molecule has 17 heavy (non-hydrogen) atoms. The second-order valence-corrected chi connectivity index (χ2v) is 3.74. The van der Waals surface area contributed by atoms with Crippen LogP contribution in [0, 0.1) is 0 Å². The van der Waals surface area contributed by atoms with Gasteiger partial charge in [0.2, 0.25) is 0 Å². The molecular weight excluding hydrogens is 233 g/mol. The van der Waals surface area contributed by atoms with Crippen molar-refractivity contribution in [1.29, 1.82) is 0 Å². The van der Waals surface area contributed by atoms with E-state index in [2.05, 4.69) is 16.4 Å². The number of halogens is 3. The van der Waals surface area contributed by atoms with Crippen LogP contribution < -0.4 is 0 Å². The highest BCUT2D eigenvalue weighted by Gasteiger charge is 2.32. The molecule has 6 heteroatoms. The second-order valence-electron chi connectivity index (χ2n) is 3.74. The zero-order valence-electron chi connectivity index (χ0n) is 8.87. The number of aryl methyl sites for hydroxylation is 1. The Morgan fingerprint density at radius 1 is 1.41 bits per heavy atom. The summed E-state index contributed by atoms with van der Waals surface area (Å²) in [7, 11) is 0. The van der Waals surface area contributed by atoms with Gasteiger partial charge in [0.1, 0.15) is 12.3 Å². The molecule has 0 bridgehead atoms. The molecule has 2 heterocycles. The molecule has 0 saturated heterocycles. The van der Waals surface area contributed by atoms with Crippen LogP contribution in [0.5, 0.6) is 0 Å². The summed E-state index contributed by atoms with van der Waals surface area (Å²) in [5, 5.41) is 0. The molecule has 91 valence electrons. The van der Waals surface area contributed by atoms with Crippen LogP contribution in [-0.2, 0) is 17.3 Å². The van der Waals surface area contributed by atoms with Crippen molar-refractivity contribution in [1.82, 2.24) is 4.98 Å². The van der Waals surface area contributed by atoms with Gasteiger partial charge in [-0.15, -0.1) is 0 Å². The minimum Gasteiger partial charge on any atom is -0.472 e. The fraction of sp³-hybridized carbons (Fsp3) is 0.455. The number of hydrogen-bond acceptors (Lipinski definition) is 3. The molecule has 1 atom stereocenters. The molecule has 1 aromatic rings. The average molecular weight is 243 g/mol. The molecule has 0 aromatic carbocycles. The topological polar surface area (TPSA) is 34.5 Å². The van der Waals surface area contributed by atoms with Gasteiger partial charge < -0.3 is 4.74 Å². The van der Waals surface area contributed by atoms with Crippen LogP contribution in [0.4, 0.5) is 13.2 Å². The summed E-state index contributed by atoms with van der Waals surface area (Å²) in [4.78, 5) is 7.48. The first-order valence-electron chi connectivity index (χ1n) is 5.15. The van der Waals surface area contributed by atoms with Crippen molar-refractivity contribution in [2.24, 2.45) is 4.99 Å². The minimum atomic E-state index is -4.39. The van der Waals surface area contributed by atoms with Crippen LogP contribution in [0.25, 0.3) is 0 Å². The van der Waals surface area contributed by atoms with Crippen molar-refractivity contribution in [2.45, 2.75) is 25.1 Å². The summed E-state index contributed by atoms with van der Waals surface area (Å²) in [5.74, 6) is 0. The Labute approximate surface area is 96.3 Å². The molecule has 0 spiro atoms. The van der Waals surface area contributed by atoms with Crippen LogP contribution in [-0.4, -0.2) is 24.0 Å². The van der Waals surface area contributed by atoms with Crippen molar-refractivity contribution in [3.05, 3.63) is 29.6 Å². The van der Waals surface area contributed by atoms with Gasteiger partial charge in [-0.2, -0.15) is 13.2 Å². The molecule has 0 amide bonds. The van der Waals surface area contributed by atoms with Crippen molar-refractivity contribution in [3.8, 4) is 0 Å². The number of ether oxygens (including phenoxy) is 1. The number of hydrogen-bond donors (Lipinski definition) is 0. The van der Waals surface area contributed by atoms with Crippen LogP contribution in [0.2, 0.25) is 0 Å². The Morgan fingerprint density at radius 2 is 2.24 bits per heavy atom. The number of pyridine rings is 1. The third-order valence-electron chi connectivity index (χ3n) is 2.41. The number of rotatable bonds is 3. The summed E-state index contributed by atoms with van der Waals surface area (Å²) >= 11 is 0. The van der Waals surface area contributed by atoms with Crippen molar-refractivity contribution < 1.29 is 17.9 Å². The number of alkyl halides is 3. The predicted octanol–water partition coefficient (Wildman–Crippen LogP) is 2.34. The van der Waals surface area contributed by atoms with Gasteiger partial charge in [0.15, 0.2) is 0 Å². The lowest BCUT2D eigenvalue weighted by molar-refractivity contribution is -0.141. The Balaban J connectivity index is 1.98. The highest BCUT2D eigenvalue weighted by atomic mass is 19.4. The first-order valence-corrected chi connectivity index (χ1v) is 5.15. The van der Waals surface area contributed by atoms with E-state index in [1.54, 1.807) is 6.07 Å². The minimum absolute atomic E-state index is 0.0219. The van der Waals surface area contributed by atoms with Gasteiger partial charge in [0.05, 0.1) is 6.04 Å². The second kappa shape index (κ2) is 4.73. The summed E-state index contributed by atoms with van der Waals surface area (Å²) in [6, 6.07) is 3.89. The molecule has 1 radical (unpaired) electrons. The van der Waals surface area contributed by atoms with Crippen molar-refractivity contribution >= 4 is 6.40 Å². The van der Waals surface area contributed by atoms with E-state index in [1.165, 1.54) is 6.07 Å². The van der Waals surface area contributed by atoms with Crippen LogP contribution in [0.3, 0.4) is 0 Å². The fourth-order valence-electron chi connectivity index (χ4n) is 1.52.